The van der Waals surface area contributed by atoms with Crippen LogP contribution in [0.4, 0.5) is 5.69 Å². The van der Waals surface area contributed by atoms with E-state index in [9.17, 15) is 13.2 Å². The first-order chi connectivity index (χ1) is 10.4. The smallest absolute Gasteiger partial charge is 0.240 e. The highest BCUT2D eigenvalue weighted by molar-refractivity contribution is 9.10. The summed E-state index contributed by atoms with van der Waals surface area (Å²) in [6.07, 6.45) is 3.03. The maximum absolute atomic E-state index is 12.0. The van der Waals surface area contributed by atoms with Gasteiger partial charge in [0, 0.05) is 17.6 Å². The molecule has 8 heteroatoms. The number of ether oxygens (including phenoxy) is 1. The van der Waals surface area contributed by atoms with E-state index in [0.717, 1.165) is 27.9 Å². The Labute approximate surface area is 139 Å². The van der Waals surface area contributed by atoms with Gasteiger partial charge in [-0.05, 0) is 31.0 Å². The van der Waals surface area contributed by atoms with E-state index in [-0.39, 0.29) is 18.6 Å². The molecule has 22 heavy (non-hydrogen) atoms. The molecule has 1 N–H and O–H groups in total. The highest BCUT2D eigenvalue weighted by Gasteiger charge is 2.22. The van der Waals surface area contributed by atoms with E-state index in [1.807, 2.05) is 0 Å². The first kappa shape index (κ1) is 17.2. The fourth-order valence-corrected chi connectivity index (χ4v) is 3.49. The Morgan fingerprint density at radius 1 is 1.50 bits per heavy atom. The zero-order valence-corrected chi connectivity index (χ0v) is 14.7. The van der Waals surface area contributed by atoms with Crippen LogP contribution in [0.1, 0.15) is 12.8 Å². The quantitative estimate of drug-likeness (QED) is 0.798. The molecule has 0 saturated carbocycles. The van der Waals surface area contributed by atoms with Crippen molar-refractivity contribution in [3.05, 3.63) is 28.7 Å². The van der Waals surface area contributed by atoms with E-state index in [1.165, 1.54) is 0 Å². The molecule has 1 amide bonds. The van der Waals surface area contributed by atoms with Crippen molar-refractivity contribution in [1.82, 2.24) is 5.32 Å². The van der Waals surface area contributed by atoms with Gasteiger partial charge in [0.2, 0.25) is 15.9 Å². The average molecular weight is 391 g/mol. The lowest BCUT2D eigenvalue weighted by atomic mass is 10.2. The molecule has 1 fully saturated rings. The van der Waals surface area contributed by atoms with E-state index in [4.69, 9.17) is 4.74 Å². The highest BCUT2D eigenvalue weighted by atomic mass is 79.9. The van der Waals surface area contributed by atoms with Gasteiger partial charge in [-0.25, -0.2) is 8.42 Å². The number of carbonyl (C=O) groups is 1. The number of halogens is 1. The Morgan fingerprint density at radius 3 is 2.86 bits per heavy atom. The Balaban J connectivity index is 2.02. The van der Waals surface area contributed by atoms with Gasteiger partial charge in [-0.15, -0.1) is 0 Å². The fourth-order valence-electron chi connectivity index (χ4n) is 2.25. The lowest BCUT2D eigenvalue weighted by Gasteiger charge is -2.22. The predicted octanol–water partition coefficient (Wildman–Crippen LogP) is 1.51. The van der Waals surface area contributed by atoms with Crippen LogP contribution in [-0.4, -0.2) is 46.4 Å². The Bertz CT molecular complexity index is 629. The zero-order valence-electron chi connectivity index (χ0n) is 12.3. The molecule has 0 bridgehead atoms. The molecule has 0 aromatic heterocycles. The van der Waals surface area contributed by atoms with Gasteiger partial charge in [-0.3, -0.25) is 9.10 Å². The maximum Gasteiger partial charge on any atom is 0.240 e. The standard InChI is InChI=1S/C14H19BrN2O4S/c1-22(19,20)17(12-5-2-4-11(15)8-12)10-14(18)16-9-13-6-3-7-21-13/h2,4-5,8,13H,3,6-7,9-10H2,1H3,(H,16,18)/t13-/m0/s1. The number of nitrogens with zero attached hydrogens (tertiary/aromatic N) is 1. The molecule has 1 saturated heterocycles. The largest absolute Gasteiger partial charge is 0.376 e. The fraction of sp³-hybridized carbons (Fsp3) is 0.500. The van der Waals surface area contributed by atoms with E-state index >= 15 is 0 Å². The molecule has 0 aliphatic carbocycles. The molecule has 1 atom stereocenters. The molecule has 0 radical (unpaired) electrons. The second kappa shape index (κ2) is 7.43. The summed E-state index contributed by atoms with van der Waals surface area (Å²) in [5.74, 6) is -0.346. The molecule has 122 valence electrons. The Morgan fingerprint density at radius 2 is 2.27 bits per heavy atom. The Hall–Kier alpha value is -1.12. The number of amides is 1. The second-order valence-corrected chi connectivity index (χ2v) is 8.01. The minimum Gasteiger partial charge on any atom is -0.376 e. The number of carbonyl (C=O) groups excluding carboxylic acids is 1. The van der Waals surface area contributed by atoms with E-state index < -0.39 is 10.0 Å². The van der Waals surface area contributed by atoms with Crippen LogP contribution in [0.3, 0.4) is 0 Å². The molecule has 0 spiro atoms. The molecule has 1 aliphatic rings. The molecule has 1 aromatic rings. The van der Waals surface area contributed by atoms with Crippen molar-refractivity contribution in [3.63, 3.8) is 0 Å². The van der Waals surface area contributed by atoms with Crippen molar-refractivity contribution in [3.8, 4) is 0 Å². The van der Waals surface area contributed by atoms with Gasteiger partial charge in [0.1, 0.15) is 6.54 Å². The summed E-state index contributed by atoms with van der Waals surface area (Å²) in [5.41, 5.74) is 0.448. The summed E-state index contributed by atoms with van der Waals surface area (Å²) in [7, 11) is -3.55. The van der Waals surface area contributed by atoms with Crippen LogP contribution in [0.25, 0.3) is 0 Å². The Kier molecular flexibility index (Phi) is 5.82. The topological polar surface area (TPSA) is 75.7 Å². The molecular formula is C14H19BrN2O4S. The lowest BCUT2D eigenvalue weighted by Crippen LogP contribution is -2.42. The van der Waals surface area contributed by atoms with Gasteiger partial charge in [-0.2, -0.15) is 0 Å². The van der Waals surface area contributed by atoms with Crippen LogP contribution in [-0.2, 0) is 19.6 Å². The van der Waals surface area contributed by atoms with E-state index in [1.54, 1.807) is 24.3 Å². The summed E-state index contributed by atoms with van der Waals surface area (Å²) >= 11 is 3.30. The number of sulfonamides is 1. The van der Waals surface area contributed by atoms with Crippen LogP contribution in [0.15, 0.2) is 28.7 Å². The van der Waals surface area contributed by atoms with Crippen LogP contribution in [0, 0.1) is 0 Å². The van der Waals surface area contributed by atoms with E-state index in [0.29, 0.717) is 18.8 Å². The number of hydrogen-bond acceptors (Lipinski definition) is 4. The average Bonchev–Trinajstić information content (AvgIpc) is 2.94. The molecule has 6 nitrogen and oxygen atoms in total. The SMILES string of the molecule is CS(=O)(=O)N(CC(=O)NC[C@@H]1CCCO1)c1cccc(Br)c1. The third-order valence-corrected chi connectivity index (χ3v) is 4.97. The van der Waals surface area contributed by atoms with Crippen molar-refractivity contribution in [2.45, 2.75) is 18.9 Å². The summed E-state index contributed by atoms with van der Waals surface area (Å²) in [5, 5.41) is 2.73. The van der Waals surface area contributed by atoms with Crippen LogP contribution in [0.2, 0.25) is 0 Å². The van der Waals surface area contributed by atoms with Crippen molar-refractivity contribution < 1.29 is 17.9 Å². The number of anilines is 1. The summed E-state index contributed by atoms with van der Waals surface area (Å²) in [4.78, 5) is 12.0. The van der Waals surface area contributed by atoms with Crippen molar-refractivity contribution >= 4 is 37.5 Å². The minimum atomic E-state index is -3.55. The van der Waals surface area contributed by atoms with Gasteiger partial charge in [-0.1, -0.05) is 22.0 Å². The first-order valence-corrected chi connectivity index (χ1v) is 9.62. The predicted molar refractivity (Wildman–Crippen MR) is 88.3 cm³/mol. The first-order valence-electron chi connectivity index (χ1n) is 6.98. The number of benzene rings is 1. The number of nitrogens with one attached hydrogen (secondary N) is 1. The number of hydrogen-bond donors (Lipinski definition) is 1. The molecule has 0 unspecified atom stereocenters. The second-order valence-electron chi connectivity index (χ2n) is 5.19. The van der Waals surface area contributed by atoms with Crippen molar-refractivity contribution in [1.29, 1.82) is 0 Å². The summed E-state index contributed by atoms with van der Waals surface area (Å²) < 4.78 is 31.1. The van der Waals surface area contributed by atoms with Gasteiger partial charge < -0.3 is 10.1 Å². The monoisotopic (exact) mass is 390 g/mol. The van der Waals surface area contributed by atoms with Crippen LogP contribution in [0.5, 0.6) is 0 Å². The number of rotatable bonds is 6. The normalized spacial score (nSPS) is 18.2. The molecule has 1 aliphatic heterocycles. The highest BCUT2D eigenvalue weighted by Crippen LogP contribution is 2.21. The van der Waals surface area contributed by atoms with Gasteiger partial charge >= 0.3 is 0 Å². The minimum absolute atomic E-state index is 0.0292. The summed E-state index contributed by atoms with van der Waals surface area (Å²) in [6, 6.07) is 6.83. The third-order valence-electron chi connectivity index (χ3n) is 3.33. The molecule has 1 heterocycles. The van der Waals surface area contributed by atoms with Crippen molar-refractivity contribution in [2.24, 2.45) is 0 Å². The lowest BCUT2D eigenvalue weighted by molar-refractivity contribution is -0.120. The molecule has 2 rings (SSSR count). The van der Waals surface area contributed by atoms with E-state index in [2.05, 4.69) is 21.2 Å². The molecule has 1 aromatic carbocycles. The third kappa shape index (κ3) is 4.96. The van der Waals surface area contributed by atoms with Crippen molar-refractivity contribution in [2.75, 3.05) is 30.3 Å². The van der Waals surface area contributed by atoms with Crippen LogP contribution >= 0.6 is 15.9 Å². The van der Waals surface area contributed by atoms with Crippen LogP contribution < -0.4 is 9.62 Å². The van der Waals surface area contributed by atoms with Gasteiger partial charge in [0.25, 0.3) is 0 Å². The van der Waals surface area contributed by atoms with Gasteiger partial charge in [0.05, 0.1) is 18.0 Å². The molecular weight excluding hydrogens is 372 g/mol. The zero-order chi connectivity index (χ0) is 16.2. The summed E-state index contributed by atoms with van der Waals surface area (Å²) in [6.45, 7) is 0.880. The maximum atomic E-state index is 12.0. The van der Waals surface area contributed by atoms with Gasteiger partial charge in [0.15, 0.2) is 0 Å².